The summed E-state index contributed by atoms with van der Waals surface area (Å²) in [6.45, 7) is 3.11. The predicted molar refractivity (Wildman–Crippen MR) is 64.7 cm³/mol. The Hall–Kier alpha value is -1.56. The van der Waals surface area contributed by atoms with Gasteiger partial charge in [0, 0.05) is 5.56 Å². The Kier molecular flexibility index (Phi) is 4.57. The molecule has 0 saturated heterocycles. The monoisotopic (exact) mass is 275 g/mol. The molecular weight excluding hydrogens is 259 g/mol. The number of alkyl halides is 3. The van der Waals surface area contributed by atoms with Crippen molar-refractivity contribution in [1.29, 1.82) is 0 Å². The Morgan fingerprint density at radius 2 is 2.00 bits per heavy atom. The zero-order valence-corrected chi connectivity index (χ0v) is 10.7. The average molecular weight is 275 g/mol. The van der Waals surface area contributed by atoms with Gasteiger partial charge in [0.05, 0.1) is 17.7 Å². The molecule has 6 heteroatoms. The fourth-order valence-electron chi connectivity index (χ4n) is 1.42. The molecule has 1 amide bonds. The molecule has 1 unspecified atom stereocenters. The number of nitrogens with one attached hydrogen (secondary N) is 1. The van der Waals surface area contributed by atoms with Crippen molar-refractivity contribution in [2.24, 2.45) is 0 Å². The molecule has 3 nitrogen and oxygen atoms in total. The first-order chi connectivity index (χ1) is 8.72. The molecule has 0 saturated carbocycles. The Morgan fingerprint density at radius 3 is 2.47 bits per heavy atom. The highest BCUT2D eigenvalue weighted by atomic mass is 19.4. The van der Waals surface area contributed by atoms with Gasteiger partial charge in [-0.15, -0.1) is 0 Å². The van der Waals surface area contributed by atoms with Crippen LogP contribution in [0.1, 0.15) is 36.2 Å². The van der Waals surface area contributed by atoms with Gasteiger partial charge in [-0.3, -0.25) is 4.79 Å². The van der Waals surface area contributed by atoms with E-state index in [0.29, 0.717) is 6.42 Å². The summed E-state index contributed by atoms with van der Waals surface area (Å²) in [7, 11) is 0. The minimum absolute atomic E-state index is 0.0806. The number of aliphatic hydroxyl groups excluding tert-OH is 1. The van der Waals surface area contributed by atoms with Crippen LogP contribution in [-0.4, -0.2) is 23.2 Å². The molecule has 0 heterocycles. The molecule has 0 radical (unpaired) electrons. The summed E-state index contributed by atoms with van der Waals surface area (Å²) in [6, 6.07) is 4.18. The van der Waals surface area contributed by atoms with Crippen molar-refractivity contribution in [1.82, 2.24) is 5.32 Å². The largest absolute Gasteiger partial charge is 0.416 e. The van der Waals surface area contributed by atoms with Gasteiger partial charge in [0.1, 0.15) is 0 Å². The zero-order chi connectivity index (χ0) is 14.7. The lowest BCUT2D eigenvalue weighted by Gasteiger charge is -2.27. The number of aliphatic hydroxyl groups is 1. The SMILES string of the molecule is CCC(C)(CO)NC(=O)c1cccc(C(F)(F)F)c1. The van der Waals surface area contributed by atoms with Crippen molar-refractivity contribution in [3.05, 3.63) is 35.4 Å². The third-order valence-electron chi connectivity index (χ3n) is 3.00. The van der Waals surface area contributed by atoms with Crippen molar-refractivity contribution in [3.8, 4) is 0 Å². The lowest BCUT2D eigenvalue weighted by molar-refractivity contribution is -0.137. The lowest BCUT2D eigenvalue weighted by Crippen LogP contribution is -2.48. The van der Waals surface area contributed by atoms with Gasteiger partial charge in [0.15, 0.2) is 0 Å². The van der Waals surface area contributed by atoms with E-state index in [2.05, 4.69) is 5.32 Å². The van der Waals surface area contributed by atoms with E-state index in [4.69, 9.17) is 0 Å². The second-order valence-electron chi connectivity index (χ2n) is 4.61. The van der Waals surface area contributed by atoms with E-state index < -0.39 is 23.2 Å². The van der Waals surface area contributed by atoms with E-state index >= 15 is 0 Å². The van der Waals surface area contributed by atoms with Gasteiger partial charge in [-0.25, -0.2) is 0 Å². The minimum atomic E-state index is -4.48. The second-order valence-corrected chi connectivity index (χ2v) is 4.61. The molecule has 106 valence electrons. The molecule has 0 aliphatic rings. The Balaban J connectivity index is 2.95. The third kappa shape index (κ3) is 3.96. The van der Waals surface area contributed by atoms with E-state index in [1.54, 1.807) is 13.8 Å². The third-order valence-corrected chi connectivity index (χ3v) is 3.00. The minimum Gasteiger partial charge on any atom is -0.394 e. The van der Waals surface area contributed by atoms with Crippen LogP contribution in [0.5, 0.6) is 0 Å². The van der Waals surface area contributed by atoms with Crippen LogP contribution < -0.4 is 5.32 Å². The quantitative estimate of drug-likeness (QED) is 0.887. The molecule has 1 aromatic carbocycles. The molecule has 0 fully saturated rings. The molecule has 0 aliphatic carbocycles. The van der Waals surface area contributed by atoms with Crippen LogP contribution in [0.15, 0.2) is 24.3 Å². The first-order valence-corrected chi connectivity index (χ1v) is 5.82. The van der Waals surface area contributed by atoms with Crippen LogP contribution in [0.2, 0.25) is 0 Å². The van der Waals surface area contributed by atoms with E-state index in [-0.39, 0.29) is 12.2 Å². The molecular formula is C13H16F3NO2. The second kappa shape index (κ2) is 5.61. The van der Waals surface area contributed by atoms with Crippen LogP contribution in [0.25, 0.3) is 0 Å². The highest BCUT2D eigenvalue weighted by Gasteiger charge is 2.31. The lowest BCUT2D eigenvalue weighted by atomic mass is 9.99. The van der Waals surface area contributed by atoms with E-state index in [1.807, 2.05) is 0 Å². The molecule has 0 aromatic heterocycles. The highest BCUT2D eigenvalue weighted by Crippen LogP contribution is 2.29. The summed E-state index contributed by atoms with van der Waals surface area (Å²) >= 11 is 0. The number of benzene rings is 1. The maximum atomic E-state index is 12.5. The summed E-state index contributed by atoms with van der Waals surface area (Å²) < 4.78 is 37.6. The van der Waals surface area contributed by atoms with Crippen molar-refractivity contribution in [2.75, 3.05) is 6.61 Å². The predicted octanol–water partition coefficient (Wildman–Crippen LogP) is 2.60. The average Bonchev–Trinajstić information content (AvgIpc) is 2.37. The summed E-state index contributed by atoms with van der Waals surface area (Å²) in [5, 5.41) is 11.7. The molecule has 19 heavy (non-hydrogen) atoms. The Bertz CT molecular complexity index is 453. The first-order valence-electron chi connectivity index (χ1n) is 5.82. The number of hydrogen-bond acceptors (Lipinski definition) is 2. The van der Waals surface area contributed by atoms with E-state index in [9.17, 15) is 23.1 Å². The van der Waals surface area contributed by atoms with Crippen molar-refractivity contribution in [2.45, 2.75) is 32.0 Å². The van der Waals surface area contributed by atoms with Crippen LogP contribution >= 0.6 is 0 Å². The summed E-state index contributed by atoms with van der Waals surface area (Å²) in [6.07, 6.45) is -4.02. The number of hydrogen-bond donors (Lipinski definition) is 2. The Morgan fingerprint density at radius 1 is 1.37 bits per heavy atom. The molecule has 1 aromatic rings. The number of halogens is 3. The standard InChI is InChI=1S/C13H16F3NO2/c1-3-12(2,8-18)17-11(19)9-5-4-6-10(7-9)13(14,15)16/h4-7,18H,3,8H2,1-2H3,(H,17,19). The molecule has 2 N–H and O–H groups in total. The van der Waals surface area contributed by atoms with Crippen LogP contribution in [-0.2, 0) is 6.18 Å². The number of carbonyl (C=O) groups is 1. The maximum absolute atomic E-state index is 12.5. The summed E-state index contributed by atoms with van der Waals surface area (Å²) in [5.74, 6) is -0.635. The van der Waals surface area contributed by atoms with Gasteiger partial charge >= 0.3 is 6.18 Å². The molecule has 0 aliphatic heterocycles. The summed E-state index contributed by atoms with van der Waals surface area (Å²) in [5.41, 5.74) is -1.80. The van der Waals surface area contributed by atoms with Crippen LogP contribution in [0, 0.1) is 0 Å². The van der Waals surface area contributed by atoms with Crippen molar-refractivity contribution in [3.63, 3.8) is 0 Å². The van der Waals surface area contributed by atoms with Gasteiger partial charge in [-0.1, -0.05) is 13.0 Å². The normalized spacial score (nSPS) is 14.8. The van der Waals surface area contributed by atoms with Gasteiger partial charge in [0.2, 0.25) is 0 Å². The van der Waals surface area contributed by atoms with E-state index in [0.717, 1.165) is 12.1 Å². The van der Waals surface area contributed by atoms with E-state index in [1.165, 1.54) is 12.1 Å². The van der Waals surface area contributed by atoms with Crippen molar-refractivity contribution >= 4 is 5.91 Å². The molecule has 0 spiro atoms. The highest BCUT2D eigenvalue weighted by molar-refractivity contribution is 5.94. The smallest absolute Gasteiger partial charge is 0.394 e. The molecule has 0 bridgehead atoms. The number of carbonyl (C=O) groups excluding carboxylic acids is 1. The Labute approximate surface area is 109 Å². The molecule has 1 atom stereocenters. The van der Waals surface area contributed by atoms with Gasteiger partial charge in [-0.05, 0) is 31.5 Å². The van der Waals surface area contributed by atoms with Gasteiger partial charge < -0.3 is 10.4 Å². The maximum Gasteiger partial charge on any atom is 0.416 e. The number of amides is 1. The fraction of sp³-hybridized carbons (Fsp3) is 0.462. The fourth-order valence-corrected chi connectivity index (χ4v) is 1.42. The van der Waals surface area contributed by atoms with Gasteiger partial charge in [-0.2, -0.15) is 13.2 Å². The van der Waals surface area contributed by atoms with Crippen molar-refractivity contribution < 1.29 is 23.1 Å². The summed E-state index contributed by atoms with van der Waals surface area (Å²) in [4.78, 5) is 11.9. The topological polar surface area (TPSA) is 49.3 Å². The van der Waals surface area contributed by atoms with Gasteiger partial charge in [0.25, 0.3) is 5.91 Å². The molecule has 1 rings (SSSR count). The zero-order valence-electron chi connectivity index (χ0n) is 10.7. The first kappa shape index (κ1) is 15.5. The van der Waals surface area contributed by atoms with Crippen LogP contribution in [0.4, 0.5) is 13.2 Å². The van der Waals surface area contributed by atoms with Crippen LogP contribution in [0.3, 0.4) is 0 Å². The number of rotatable bonds is 4.